The molecule has 3 rings (SSSR count). The maximum atomic E-state index is 12.0. The van der Waals surface area contributed by atoms with E-state index in [0.717, 1.165) is 44.1 Å². The summed E-state index contributed by atoms with van der Waals surface area (Å²) in [6, 6.07) is 17.1. The fourth-order valence-electron chi connectivity index (χ4n) is 3.47. The maximum absolute atomic E-state index is 12.0. The third kappa shape index (κ3) is 6.16. The van der Waals surface area contributed by atoms with E-state index < -0.39 is 6.09 Å². The van der Waals surface area contributed by atoms with Gasteiger partial charge in [-0.05, 0) is 74.5 Å². The van der Waals surface area contributed by atoms with Gasteiger partial charge in [-0.2, -0.15) is 0 Å². The van der Waals surface area contributed by atoms with Gasteiger partial charge < -0.3 is 4.74 Å². The molecule has 1 aliphatic heterocycles. The van der Waals surface area contributed by atoms with E-state index in [2.05, 4.69) is 22.2 Å². The van der Waals surface area contributed by atoms with Crippen molar-refractivity contribution in [3.8, 4) is 18.1 Å². The Morgan fingerprint density at radius 2 is 1.93 bits per heavy atom. The van der Waals surface area contributed by atoms with Crippen LogP contribution in [0.3, 0.4) is 0 Å². The first-order valence-corrected chi connectivity index (χ1v) is 9.51. The molecule has 1 N–H and O–H groups in total. The Bertz CT molecular complexity index is 774. The minimum Gasteiger partial charge on any atom is -0.410 e. The van der Waals surface area contributed by atoms with Crippen LogP contribution in [0.15, 0.2) is 54.6 Å². The number of amides is 1. The number of benzene rings is 2. The summed E-state index contributed by atoms with van der Waals surface area (Å²) in [4.78, 5) is 14.4. The Kier molecular flexibility index (Phi) is 6.90. The van der Waals surface area contributed by atoms with Crippen LogP contribution in [-0.4, -0.2) is 30.6 Å². The number of terminal acetylenes is 1. The number of hydrogen-bond acceptors (Lipinski definition) is 3. The minimum atomic E-state index is -0.473. The van der Waals surface area contributed by atoms with Gasteiger partial charge >= 0.3 is 6.09 Å². The second-order valence-electron chi connectivity index (χ2n) is 6.99. The zero-order valence-electron chi connectivity index (χ0n) is 15.6. The Morgan fingerprint density at radius 3 is 2.67 bits per heavy atom. The third-order valence-corrected chi connectivity index (χ3v) is 4.99. The SMILES string of the molecule is C#CCN1CCC(CCc2cccc(OC(=O)Nc3ccccc3)c2)CC1. The topological polar surface area (TPSA) is 41.6 Å². The van der Waals surface area contributed by atoms with Gasteiger partial charge in [-0.15, -0.1) is 6.42 Å². The molecule has 1 amide bonds. The van der Waals surface area contributed by atoms with Crippen molar-refractivity contribution in [1.29, 1.82) is 0 Å². The maximum Gasteiger partial charge on any atom is 0.417 e. The van der Waals surface area contributed by atoms with E-state index in [1.165, 1.54) is 18.4 Å². The number of ether oxygens (including phenoxy) is 1. The van der Waals surface area contributed by atoms with Crippen molar-refractivity contribution in [1.82, 2.24) is 4.90 Å². The van der Waals surface area contributed by atoms with Gasteiger partial charge in [0.15, 0.2) is 0 Å². The van der Waals surface area contributed by atoms with E-state index in [4.69, 9.17) is 11.2 Å². The highest BCUT2D eigenvalue weighted by atomic mass is 16.6. The molecule has 0 atom stereocenters. The van der Waals surface area contributed by atoms with E-state index in [-0.39, 0.29) is 0 Å². The van der Waals surface area contributed by atoms with Gasteiger partial charge in [0, 0.05) is 5.69 Å². The summed E-state index contributed by atoms with van der Waals surface area (Å²) in [5, 5.41) is 2.73. The van der Waals surface area contributed by atoms with Crippen molar-refractivity contribution in [3.63, 3.8) is 0 Å². The molecule has 140 valence electrons. The number of likely N-dealkylation sites (tertiary alicyclic amines) is 1. The van der Waals surface area contributed by atoms with Crippen LogP contribution in [0.25, 0.3) is 0 Å². The lowest BCUT2D eigenvalue weighted by molar-refractivity contribution is 0.197. The second-order valence-corrected chi connectivity index (χ2v) is 6.99. The number of rotatable bonds is 6. The molecular weight excluding hydrogens is 336 g/mol. The van der Waals surface area contributed by atoms with Crippen molar-refractivity contribution in [2.24, 2.45) is 5.92 Å². The average molecular weight is 362 g/mol. The number of anilines is 1. The highest BCUT2D eigenvalue weighted by Crippen LogP contribution is 2.23. The van der Waals surface area contributed by atoms with Gasteiger partial charge in [0.1, 0.15) is 5.75 Å². The first-order valence-electron chi connectivity index (χ1n) is 9.51. The van der Waals surface area contributed by atoms with Crippen molar-refractivity contribution in [2.75, 3.05) is 25.0 Å². The predicted octanol–water partition coefficient (Wildman–Crippen LogP) is 4.58. The summed E-state index contributed by atoms with van der Waals surface area (Å²) in [7, 11) is 0. The van der Waals surface area contributed by atoms with Crippen LogP contribution in [0, 0.1) is 18.3 Å². The van der Waals surface area contributed by atoms with Gasteiger partial charge in [-0.25, -0.2) is 4.79 Å². The molecule has 0 aliphatic carbocycles. The molecule has 1 heterocycles. The largest absolute Gasteiger partial charge is 0.417 e. The van der Waals surface area contributed by atoms with Gasteiger partial charge in [-0.1, -0.05) is 36.3 Å². The number of aryl methyl sites for hydroxylation is 1. The van der Waals surface area contributed by atoms with Crippen LogP contribution < -0.4 is 10.1 Å². The highest BCUT2D eigenvalue weighted by molar-refractivity contribution is 5.86. The number of piperidine rings is 1. The first-order chi connectivity index (χ1) is 13.2. The van der Waals surface area contributed by atoms with Crippen molar-refractivity contribution < 1.29 is 9.53 Å². The van der Waals surface area contributed by atoms with Crippen molar-refractivity contribution >= 4 is 11.8 Å². The molecule has 0 aromatic heterocycles. The van der Waals surface area contributed by atoms with Gasteiger partial charge in [0.05, 0.1) is 6.54 Å². The lowest BCUT2D eigenvalue weighted by Crippen LogP contribution is -2.34. The molecule has 0 spiro atoms. The standard InChI is InChI=1S/C23H26N2O2/c1-2-15-25-16-13-19(14-17-25)11-12-20-7-6-10-22(18-20)27-23(26)24-21-8-4-3-5-9-21/h1,3-10,18-19H,11-17H2,(H,24,26). The minimum absolute atomic E-state index is 0.473. The highest BCUT2D eigenvalue weighted by Gasteiger charge is 2.18. The summed E-state index contributed by atoms with van der Waals surface area (Å²) in [5.74, 6) is 4.04. The monoisotopic (exact) mass is 362 g/mol. The Morgan fingerprint density at radius 1 is 1.15 bits per heavy atom. The molecular formula is C23H26N2O2. The first kappa shape index (κ1) is 19.0. The number of para-hydroxylation sites is 1. The Balaban J connectivity index is 1.46. The molecule has 4 nitrogen and oxygen atoms in total. The summed E-state index contributed by atoms with van der Waals surface area (Å²) in [5.41, 5.74) is 1.92. The Hall–Kier alpha value is -2.77. The number of nitrogens with zero attached hydrogens (tertiary/aromatic N) is 1. The number of carbonyl (C=O) groups excluding carboxylic acids is 1. The van der Waals surface area contributed by atoms with Crippen molar-refractivity contribution in [3.05, 3.63) is 60.2 Å². The number of carbonyl (C=O) groups is 1. The average Bonchev–Trinajstić information content (AvgIpc) is 2.69. The van der Waals surface area contributed by atoms with Crippen LogP contribution in [0.2, 0.25) is 0 Å². The molecule has 4 heteroatoms. The van der Waals surface area contributed by atoms with Crippen LogP contribution in [0.5, 0.6) is 5.75 Å². The van der Waals surface area contributed by atoms with Gasteiger partial charge in [-0.3, -0.25) is 10.2 Å². The smallest absolute Gasteiger partial charge is 0.410 e. The molecule has 0 saturated carbocycles. The van der Waals surface area contributed by atoms with E-state index in [1.807, 2.05) is 48.5 Å². The van der Waals surface area contributed by atoms with Gasteiger partial charge in [0.2, 0.25) is 0 Å². The van der Waals surface area contributed by atoms with E-state index in [9.17, 15) is 4.79 Å². The van der Waals surface area contributed by atoms with Crippen LogP contribution >= 0.6 is 0 Å². The molecule has 0 radical (unpaired) electrons. The Labute approximate surface area is 161 Å². The van der Waals surface area contributed by atoms with Crippen molar-refractivity contribution in [2.45, 2.75) is 25.7 Å². The molecule has 2 aromatic carbocycles. The fourth-order valence-corrected chi connectivity index (χ4v) is 3.47. The lowest BCUT2D eigenvalue weighted by Gasteiger charge is -2.30. The summed E-state index contributed by atoms with van der Waals surface area (Å²) < 4.78 is 5.42. The predicted molar refractivity (Wildman–Crippen MR) is 109 cm³/mol. The quantitative estimate of drug-likeness (QED) is 0.765. The van der Waals surface area contributed by atoms with E-state index >= 15 is 0 Å². The second kappa shape index (κ2) is 9.80. The molecule has 1 fully saturated rings. The zero-order valence-corrected chi connectivity index (χ0v) is 15.6. The summed E-state index contributed by atoms with van der Waals surface area (Å²) in [6.07, 6.45) is 9.48. The number of hydrogen-bond donors (Lipinski definition) is 1. The normalized spacial score (nSPS) is 15.1. The number of nitrogens with one attached hydrogen (secondary N) is 1. The van der Waals surface area contributed by atoms with Crippen LogP contribution in [-0.2, 0) is 6.42 Å². The summed E-state index contributed by atoms with van der Waals surface area (Å²) >= 11 is 0. The van der Waals surface area contributed by atoms with Crippen LogP contribution in [0.4, 0.5) is 10.5 Å². The lowest BCUT2D eigenvalue weighted by atomic mass is 9.90. The fraction of sp³-hybridized carbons (Fsp3) is 0.348. The van der Waals surface area contributed by atoms with Gasteiger partial charge in [0.25, 0.3) is 0 Å². The molecule has 1 aliphatic rings. The van der Waals surface area contributed by atoms with E-state index in [0.29, 0.717) is 5.75 Å². The zero-order chi connectivity index (χ0) is 18.9. The van der Waals surface area contributed by atoms with E-state index in [1.54, 1.807) is 0 Å². The molecule has 0 bridgehead atoms. The third-order valence-electron chi connectivity index (χ3n) is 4.99. The molecule has 2 aromatic rings. The summed E-state index contributed by atoms with van der Waals surface area (Å²) in [6.45, 7) is 2.95. The van der Waals surface area contributed by atoms with Crippen LogP contribution in [0.1, 0.15) is 24.8 Å². The molecule has 27 heavy (non-hydrogen) atoms. The molecule has 0 unspecified atom stereocenters. The molecule has 1 saturated heterocycles.